The van der Waals surface area contributed by atoms with Gasteiger partial charge in [-0.15, -0.1) is 0 Å². The van der Waals surface area contributed by atoms with Crippen molar-refractivity contribution in [3.63, 3.8) is 0 Å². The highest BCUT2D eigenvalue weighted by Gasteiger charge is 2.18. The van der Waals surface area contributed by atoms with Crippen molar-refractivity contribution < 1.29 is 23.3 Å². The number of rotatable bonds is 8. The first-order valence-corrected chi connectivity index (χ1v) is 14.5. The summed E-state index contributed by atoms with van der Waals surface area (Å²) in [4.78, 5) is 23.2. The van der Waals surface area contributed by atoms with Gasteiger partial charge in [-0.1, -0.05) is 50.0 Å². The van der Waals surface area contributed by atoms with E-state index in [2.05, 4.69) is 25.7 Å². The maximum atomic E-state index is 11.7. The van der Waals surface area contributed by atoms with Crippen LogP contribution < -0.4 is 4.74 Å². The van der Waals surface area contributed by atoms with Crippen LogP contribution in [0.5, 0.6) is 5.75 Å². The molecular weight excluding hydrogens is 416 g/mol. The van der Waals surface area contributed by atoms with Crippen LogP contribution in [0.25, 0.3) is 0 Å². The Morgan fingerprint density at radius 3 is 2.43 bits per heavy atom. The van der Waals surface area contributed by atoms with Crippen LogP contribution in [0.1, 0.15) is 31.4 Å². The highest BCUT2D eigenvalue weighted by atomic mass is 32.1. The summed E-state index contributed by atoms with van der Waals surface area (Å²) in [7, 11) is -1.25. The molecule has 0 unspecified atom stereocenters. The molecule has 0 atom stereocenters. The maximum absolute atomic E-state index is 11.7. The highest BCUT2D eigenvalue weighted by molar-refractivity contribution is 7.67. The summed E-state index contributed by atoms with van der Waals surface area (Å²) in [5.41, 5.74) is 3.99. The minimum atomic E-state index is -1.25. The maximum Gasteiger partial charge on any atom is 0.308 e. The molecule has 162 valence electrons. The van der Waals surface area contributed by atoms with Gasteiger partial charge in [0.2, 0.25) is 0 Å². The summed E-state index contributed by atoms with van der Waals surface area (Å²) in [6.07, 6.45) is 5.86. The first-order valence-electron chi connectivity index (χ1n) is 10.1. The Balaban J connectivity index is 2.24. The van der Waals surface area contributed by atoms with Crippen molar-refractivity contribution in [3.05, 3.63) is 52.6 Å². The van der Waals surface area contributed by atoms with E-state index in [0.717, 1.165) is 39.6 Å². The molecule has 0 aliphatic heterocycles. The van der Waals surface area contributed by atoms with Crippen LogP contribution in [0.3, 0.4) is 0 Å². The van der Waals surface area contributed by atoms with Gasteiger partial charge in [-0.25, -0.2) is 4.21 Å². The zero-order valence-corrected chi connectivity index (χ0v) is 20.2. The fraction of sp³-hybridized carbons (Fsp3) is 0.435. The largest absolute Gasteiger partial charge is 0.461 e. The summed E-state index contributed by atoms with van der Waals surface area (Å²) >= 11 is 0.494. The van der Waals surface area contributed by atoms with Gasteiger partial charge in [0.1, 0.15) is 12.4 Å². The van der Waals surface area contributed by atoms with Crippen LogP contribution in [-0.4, -0.2) is 35.7 Å². The lowest BCUT2D eigenvalue weighted by molar-refractivity contribution is -0.140. The van der Waals surface area contributed by atoms with Gasteiger partial charge in [0.05, 0.1) is 16.1 Å². The van der Waals surface area contributed by atoms with Gasteiger partial charge in [-0.05, 0) is 41.2 Å². The van der Waals surface area contributed by atoms with Crippen LogP contribution in [-0.2, 0) is 38.4 Å². The quantitative estimate of drug-likeness (QED) is 0.259. The van der Waals surface area contributed by atoms with Gasteiger partial charge >= 0.3 is 11.9 Å². The Labute approximate surface area is 183 Å². The average Bonchev–Trinajstić information content (AvgIpc) is 2.66. The minimum Gasteiger partial charge on any atom is -0.461 e. The van der Waals surface area contributed by atoms with Crippen LogP contribution in [0.15, 0.2) is 41.5 Å². The molecule has 1 aliphatic carbocycles. The molecule has 0 bridgehead atoms. The van der Waals surface area contributed by atoms with Gasteiger partial charge in [-0.3, -0.25) is 9.59 Å². The van der Waals surface area contributed by atoms with Crippen LogP contribution in [0, 0.1) is 0 Å². The third-order valence-electron chi connectivity index (χ3n) is 4.74. The predicted octanol–water partition coefficient (Wildman–Crippen LogP) is 4.24. The molecule has 0 saturated carbocycles. The first kappa shape index (κ1) is 24.0. The summed E-state index contributed by atoms with van der Waals surface area (Å²) in [5, 5.41) is 0. The number of carbonyl (C=O) groups is 2. The number of hydrogen-bond acceptors (Lipinski definition) is 5. The highest BCUT2D eigenvalue weighted by Crippen LogP contribution is 2.27. The molecule has 0 spiro atoms. The molecule has 0 heterocycles. The molecule has 0 N–H and O–H groups in total. The molecule has 1 aromatic rings. The van der Waals surface area contributed by atoms with Crippen molar-refractivity contribution in [2.75, 3.05) is 6.61 Å². The number of hydrogen-bond donors (Lipinski definition) is 0. The van der Waals surface area contributed by atoms with E-state index in [0.29, 0.717) is 29.8 Å². The van der Waals surface area contributed by atoms with Gasteiger partial charge in [0, 0.05) is 28.3 Å². The van der Waals surface area contributed by atoms with E-state index in [9.17, 15) is 13.8 Å². The standard InChI is InChI=1S/C23H30O5SSi/c1-16(24)27-15-19-6-8-21(23(14-19)29-26)13-18-7-9-22(28-17(2)25)20(12-18)10-11-30(3,4)5/h6-9,12H,10-11,13-15H2,1-5H3. The Hall–Kier alpha value is -2.25. The van der Waals surface area contributed by atoms with Gasteiger partial charge in [-0.2, -0.15) is 0 Å². The molecule has 5 nitrogen and oxygen atoms in total. The smallest absolute Gasteiger partial charge is 0.308 e. The minimum absolute atomic E-state index is 0.209. The second-order valence-electron chi connectivity index (χ2n) is 8.75. The van der Waals surface area contributed by atoms with E-state index in [1.54, 1.807) is 0 Å². The molecule has 0 aromatic heterocycles. The number of benzene rings is 1. The normalized spacial score (nSPS) is 14.0. The zero-order chi connectivity index (χ0) is 22.3. The molecule has 0 fully saturated rings. The van der Waals surface area contributed by atoms with Crippen molar-refractivity contribution in [3.8, 4) is 5.75 Å². The van der Waals surface area contributed by atoms with Crippen molar-refractivity contribution in [1.29, 1.82) is 0 Å². The first-order chi connectivity index (χ1) is 14.1. The van der Waals surface area contributed by atoms with Crippen LogP contribution in [0.2, 0.25) is 25.7 Å². The van der Waals surface area contributed by atoms with Gasteiger partial charge in [0.15, 0.2) is 0 Å². The van der Waals surface area contributed by atoms with Gasteiger partial charge in [0.25, 0.3) is 0 Å². The number of ether oxygens (including phenoxy) is 2. The number of carbonyl (C=O) groups excluding carboxylic acids is 2. The summed E-state index contributed by atoms with van der Waals surface area (Å²) in [6.45, 7) is 9.96. The average molecular weight is 447 g/mol. The topological polar surface area (TPSA) is 69.7 Å². The number of esters is 2. The Bertz CT molecular complexity index is 933. The third-order valence-corrected chi connectivity index (χ3v) is 7.10. The summed E-state index contributed by atoms with van der Waals surface area (Å²) in [5.74, 6) is -0.0374. The van der Waals surface area contributed by atoms with Gasteiger partial charge < -0.3 is 9.47 Å². The molecule has 0 radical (unpaired) electrons. The SMILES string of the molecule is CC(=O)OCC1=CC=C(Cc2ccc(OC(C)=O)c(CC[Si](C)(C)C)c2)C(=S=O)C1. The molecule has 2 rings (SSSR count). The molecule has 1 aromatic carbocycles. The molecule has 0 amide bonds. The van der Waals surface area contributed by atoms with Crippen molar-refractivity contribution in [2.24, 2.45) is 0 Å². The monoisotopic (exact) mass is 446 g/mol. The molecule has 30 heavy (non-hydrogen) atoms. The van der Waals surface area contributed by atoms with E-state index in [4.69, 9.17) is 9.47 Å². The second-order valence-corrected chi connectivity index (χ2v) is 15.0. The summed E-state index contributed by atoms with van der Waals surface area (Å²) in [6, 6.07) is 6.99. The molecule has 7 heteroatoms. The van der Waals surface area contributed by atoms with Crippen LogP contribution >= 0.6 is 0 Å². The van der Waals surface area contributed by atoms with Crippen molar-refractivity contribution >= 4 is 36.1 Å². The van der Waals surface area contributed by atoms with Crippen molar-refractivity contribution in [1.82, 2.24) is 0 Å². The Morgan fingerprint density at radius 1 is 1.10 bits per heavy atom. The lowest BCUT2D eigenvalue weighted by atomic mass is 9.93. The van der Waals surface area contributed by atoms with E-state index >= 15 is 0 Å². The number of aryl methyl sites for hydroxylation is 1. The van der Waals surface area contributed by atoms with Crippen molar-refractivity contribution in [2.45, 2.75) is 58.8 Å². The van der Waals surface area contributed by atoms with E-state index in [1.165, 1.54) is 13.8 Å². The lowest BCUT2D eigenvalue weighted by Crippen LogP contribution is -2.20. The molecular formula is C23H30O5SSi. The van der Waals surface area contributed by atoms with E-state index in [1.807, 2.05) is 24.3 Å². The Morgan fingerprint density at radius 2 is 1.83 bits per heavy atom. The summed E-state index contributed by atoms with van der Waals surface area (Å²) < 4.78 is 22.1. The fourth-order valence-corrected chi connectivity index (χ4v) is 4.66. The zero-order valence-electron chi connectivity index (χ0n) is 18.4. The second kappa shape index (κ2) is 10.7. The number of allylic oxidation sites excluding steroid dienone is 3. The third kappa shape index (κ3) is 7.87. The van der Waals surface area contributed by atoms with E-state index in [-0.39, 0.29) is 18.5 Å². The predicted molar refractivity (Wildman–Crippen MR) is 124 cm³/mol. The Kier molecular flexibility index (Phi) is 8.55. The lowest BCUT2D eigenvalue weighted by Gasteiger charge is -2.19. The van der Waals surface area contributed by atoms with Crippen LogP contribution in [0.4, 0.5) is 0 Å². The van der Waals surface area contributed by atoms with E-state index < -0.39 is 8.07 Å². The fourth-order valence-electron chi connectivity index (χ4n) is 3.15. The molecule has 1 aliphatic rings. The molecule has 0 saturated heterocycles.